The van der Waals surface area contributed by atoms with Gasteiger partial charge in [-0.05, 0) is 35.9 Å². The number of alkyl halides is 1. The van der Waals surface area contributed by atoms with Crippen molar-refractivity contribution in [3.05, 3.63) is 65.2 Å². The molecule has 0 saturated carbocycles. The lowest BCUT2D eigenvalue weighted by Crippen LogP contribution is -1.86. The number of pyridine rings is 1. The van der Waals surface area contributed by atoms with E-state index in [0.29, 0.717) is 0 Å². The average Bonchev–Trinajstić information content (AvgIpc) is 2.47. The summed E-state index contributed by atoms with van der Waals surface area (Å²) < 4.78 is 0. The smallest absolute Gasteiger partial charge is 0.0709 e. The van der Waals surface area contributed by atoms with Gasteiger partial charge in [-0.15, -0.1) is 0 Å². The van der Waals surface area contributed by atoms with E-state index in [1.165, 1.54) is 5.56 Å². The van der Waals surface area contributed by atoms with Gasteiger partial charge in [-0.2, -0.15) is 0 Å². The second-order valence-corrected chi connectivity index (χ2v) is 5.36. The molecule has 1 nitrogen and oxygen atoms in total. The van der Waals surface area contributed by atoms with Crippen LogP contribution in [0.3, 0.4) is 0 Å². The molecule has 0 unspecified atom stereocenters. The summed E-state index contributed by atoms with van der Waals surface area (Å²) in [6, 6.07) is 18.2. The predicted octanol–water partition coefficient (Wildman–Crippen LogP) is 5.45. The molecular formula is C16H11BrClN. The van der Waals surface area contributed by atoms with Crippen LogP contribution in [0.25, 0.3) is 22.2 Å². The standard InChI is InChI=1S/C16H11BrClN/c17-10-11-1-7-16-13(9-11)4-8-15(19-16)12-2-5-14(18)6-3-12/h1-9H,10H2. The van der Waals surface area contributed by atoms with Crippen molar-refractivity contribution in [2.75, 3.05) is 0 Å². The molecule has 0 aliphatic heterocycles. The Labute approximate surface area is 125 Å². The van der Waals surface area contributed by atoms with E-state index < -0.39 is 0 Å². The Kier molecular flexibility index (Phi) is 3.54. The molecule has 0 aliphatic rings. The quantitative estimate of drug-likeness (QED) is 0.569. The molecule has 0 amide bonds. The fourth-order valence-electron chi connectivity index (χ4n) is 2.04. The molecule has 0 fully saturated rings. The van der Waals surface area contributed by atoms with Crippen LogP contribution >= 0.6 is 27.5 Å². The summed E-state index contributed by atoms with van der Waals surface area (Å²) in [5.74, 6) is 0. The Bertz CT molecular complexity index is 722. The molecule has 94 valence electrons. The maximum atomic E-state index is 5.90. The van der Waals surface area contributed by atoms with E-state index in [9.17, 15) is 0 Å². The van der Waals surface area contributed by atoms with Crippen LogP contribution in [0.1, 0.15) is 5.56 Å². The first-order chi connectivity index (χ1) is 9.26. The van der Waals surface area contributed by atoms with Gasteiger partial charge in [0.05, 0.1) is 11.2 Å². The Hall–Kier alpha value is -1.38. The van der Waals surface area contributed by atoms with Crippen molar-refractivity contribution >= 4 is 38.4 Å². The van der Waals surface area contributed by atoms with E-state index in [4.69, 9.17) is 16.6 Å². The van der Waals surface area contributed by atoms with Gasteiger partial charge in [-0.3, -0.25) is 0 Å². The van der Waals surface area contributed by atoms with Crippen LogP contribution in [0.5, 0.6) is 0 Å². The van der Waals surface area contributed by atoms with E-state index in [2.05, 4.69) is 40.2 Å². The molecule has 1 aromatic heterocycles. The van der Waals surface area contributed by atoms with Crippen molar-refractivity contribution < 1.29 is 0 Å². The summed E-state index contributed by atoms with van der Waals surface area (Å²) in [6.45, 7) is 0. The van der Waals surface area contributed by atoms with Gasteiger partial charge in [-0.25, -0.2) is 4.98 Å². The van der Waals surface area contributed by atoms with Crippen LogP contribution in [-0.4, -0.2) is 4.98 Å². The molecule has 3 heteroatoms. The fraction of sp³-hybridized carbons (Fsp3) is 0.0625. The number of hydrogen-bond donors (Lipinski definition) is 0. The van der Waals surface area contributed by atoms with Crippen molar-refractivity contribution in [2.45, 2.75) is 5.33 Å². The Balaban J connectivity index is 2.08. The Morgan fingerprint density at radius 1 is 0.947 bits per heavy atom. The number of halogens is 2. The van der Waals surface area contributed by atoms with Crippen molar-refractivity contribution in [1.82, 2.24) is 4.98 Å². The predicted molar refractivity (Wildman–Crippen MR) is 84.8 cm³/mol. The summed E-state index contributed by atoms with van der Waals surface area (Å²) in [6.07, 6.45) is 0. The van der Waals surface area contributed by atoms with Crippen molar-refractivity contribution in [3.63, 3.8) is 0 Å². The van der Waals surface area contributed by atoms with Crippen LogP contribution in [0.2, 0.25) is 5.02 Å². The highest BCUT2D eigenvalue weighted by molar-refractivity contribution is 9.08. The molecule has 0 N–H and O–H groups in total. The molecular weight excluding hydrogens is 322 g/mol. The molecule has 19 heavy (non-hydrogen) atoms. The molecule has 1 heterocycles. The first-order valence-electron chi connectivity index (χ1n) is 5.98. The first kappa shape index (κ1) is 12.6. The molecule has 3 rings (SSSR count). The number of rotatable bonds is 2. The summed E-state index contributed by atoms with van der Waals surface area (Å²) in [5, 5.41) is 2.77. The zero-order valence-corrected chi connectivity index (χ0v) is 12.4. The van der Waals surface area contributed by atoms with Gasteiger partial charge in [0.15, 0.2) is 0 Å². The van der Waals surface area contributed by atoms with Gasteiger partial charge in [0, 0.05) is 21.3 Å². The van der Waals surface area contributed by atoms with Crippen molar-refractivity contribution in [1.29, 1.82) is 0 Å². The van der Waals surface area contributed by atoms with Gasteiger partial charge in [-0.1, -0.05) is 51.8 Å². The van der Waals surface area contributed by atoms with E-state index in [1.54, 1.807) is 0 Å². The third-order valence-corrected chi connectivity index (χ3v) is 3.95. The number of fused-ring (bicyclic) bond motifs is 1. The van der Waals surface area contributed by atoms with E-state index in [1.807, 2.05) is 30.3 Å². The first-order valence-corrected chi connectivity index (χ1v) is 7.48. The minimum atomic E-state index is 0.742. The summed E-state index contributed by atoms with van der Waals surface area (Å²) in [5.41, 5.74) is 4.32. The monoisotopic (exact) mass is 331 g/mol. The van der Waals surface area contributed by atoms with Crippen LogP contribution in [0.4, 0.5) is 0 Å². The molecule has 0 aliphatic carbocycles. The molecule has 0 radical (unpaired) electrons. The topological polar surface area (TPSA) is 12.9 Å². The summed E-state index contributed by atoms with van der Waals surface area (Å²) >= 11 is 9.37. The van der Waals surface area contributed by atoms with Crippen LogP contribution in [0, 0.1) is 0 Å². The zero-order valence-electron chi connectivity index (χ0n) is 10.1. The van der Waals surface area contributed by atoms with Gasteiger partial charge in [0.2, 0.25) is 0 Å². The van der Waals surface area contributed by atoms with Gasteiger partial charge < -0.3 is 0 Å². The van der Waals surface area contributed by atoms with Crippen molar-refractivity contribution in [3.8, 4) is 11.3 Å². The molecule has 0 saturated heterocycles. The number of nitrogens with zero attached hydrogens (tertiary/aromatic N) is 1. The van der Waals surface area contributed by atoms with E-state index >= 15 is 0 Å². The van der Waals surface area contributed by atoms with E-state index in [-0.39, 0.29) is 0 Å². The maximum absolute atomic E-state index is 5.90. The average molecular weight is 333 g/mol. The Morgan fingerprint density at radius 2 is 1.74 bits per heavy atom. The number of aromatic nitrogens is 1. The molecule has 2 aromatic carbocycles. The second kappa shape index (κ2) is 5.32. The Morgan fingerprint density at radius 3 is 2.47 bits per heavy atom. The van der Waals surface area contributed by atoms with Crippen LogP contribution in [0.15, 0.2) is 54.6 Å². The van der Waals surface area contributed by atoms with Gasteiger partial charge in [0.1, 0.15) is 0 Å². The molecule has 0 spiro atoms. The highest BCUT2D eigenvalue weighted by Crippen LogP contribution is 2.23. The molecule has 0 bridgehead atoms. The molecule has 0 atom stereocenters. The third kappa shape index (κ3) is 2.65. The lowest BCUT2D eigenvalue weighted by atomic mass is 10.1. The minimum Gasteiger partial charge on any atom is -0.248 e. The maximum Gasteiger partial charge on any atom is 0.0709 e. The second-order valence-electron chi connectivity index (χ2n) is 4.36. The minimum absolute atomic E-state index is 0.742. The highest BCUT2D eigenvalue weighted by Gasteiger charge is 2.02. The SMILES string of the molecule is Clc1ccc(-c2ccc3cc(CBr)ccc3n2)cc1. The fourth-order valence-corrected chi connectivity index (χ4v) is 2.51. The summed E-state index contributed by atoms with van der Waals surface area (Å²) in [7, 11) is 0. The van der Waals surface area contributed by atoms with Crippen LogP contribution in [-0.2, 0) is 5.33 Å². The number of hydrogen-bond acceptors (Lipinski definition) is 1. The third-order valence-electron chi connectivity index (χ3n) is 3.05. The number of benzene rings is 2. The summed E-state index contributed by atoms with van der Waals surface area (Å²) in [4.78, 5) is 4.69. The lowest BCUT2D eigenvalue weighted by Gasteiger charge is -2.04. The van der Waals surface area contributed by atoms with Gasteiger partial charge in [0.25, 0.3) is 0 Å². The van der Waals surface area contributed by atoms with Crippen LogP contribution < -0.4 is 0 Å². The molecule has 3 aromatic rings. The van der Waals surface area contributed by atoms with Gasteiger partial charge >= 0.3 is 0 Å². The highest BCUT2D eigenvalue weighted by atomic mass is 79.9. The lowest BCUT2D eigenvalue weighted by molar-refractivity contribution is 1.38. The largest absolute Gasteiger partial charge is 0.248 e. The normalized spacial score (nSPS) is 10.8. The van der Waals surface area contributed by atoms with E-state index in [0.717, 1.165) is 32.5 Å². The van der Waals surface area contributed by atoms with Crippen molar-refractivity contribution in [2.24, 2.45) is 0 Å². The zero-order chi connectivity index (χ0) is 13.2.